The van der Waals surface area contributed by atoms with E-state index >= 15 is 0 Å². The second kappa shape index (κ2) is 15.4. The van der Waals surface area contributed by atoms with E-state index < -0.39 is 11.9 Å². The van der Waals surface area contributed by atoms with Crippen molar-refractivity contribution in [3.05, 3.63) is 102 Å². The van der Waals surface area contributed by atoms with E-state index in [9.17, 15) is 14.4 Å². The molecule has 1 aliphatic rings. The molecular weight excluding hydrogens is 502 g/mol. The highest BCUT2D eigenvalue weighted by atomic mass is 16.5. The number of hydrogen-bond acceptors (Lipinski definition) is 6. The monoisotopic (exact) mass is 541 g/mol. The van der Waals surface area contributed by atoms with Crippen LogP contribution in [0.5, 0.6) is 0 Å². The lowest BCUT2D eigenvalue weighted by atomic mass is 9.92. The minimum atomic E-state index is -0.421. The van der Waals surface area contributed by atoms with Crippen molar-refractivity contribution in [1.29, 1.82) is 0 Å². The first-order valence-electron chi connectivity index (χ1n) is 13.9. The predicted octanol–water partition coefficient (Wildman–Crippen LogP) is 6.68. The van der Waals surface area contributed by atoms with Crippen molar-refractivity contribution in [1.82, 2.24) is 0 Å². The molecule has 0 saturated heterocycles. The normalized spacial score (nSPS) is 15.6. The number of nitrogens with zero attached hydrogens (tertiary/aromatic N) is 1. The molecule has 6 nitrogen and oxygen atoms in total. The van der Waals surface area contributed by atoms with Crippen molar-refractivity contribution < 1.29 is 23.9 Å². The van der Waals surface area contributed by atoms with E-state index in [0.29, 0.717) is 25.7 Å². The maximum absolute atomic E-state index is 13.1. The van der Waals surface area contributed by atoms with Gasteiger partial charge in [-0.1, -0.05) is 56.5 Å². The molecule has 1 atom stereocenters. The van der Waals surface area contributed by atoms with Crippen LogP contribution in [-0.2, 0) is 23.9 Å². The number of ketones is 1. The molecule has 0 heterocycles. The fourth-order valence-electron chi connectivity index (χ4n) is 4.78. The van der Waals surface area contributed by atoms with Gasteiger partial charge >= 0.3 is 11.9 Å². The molecule has 0 N–H and O–H groups in total. The summed E-state index contributed by atoms with van der Waals surface area (Å²) >= 11 is 0. The largest absolute Gasteiger partial charge is 0.463 e. The van der Waals surface area contributed by atoms with Crippen molar-refractivity contribution >= 4 is 35.6 Å². The van der Waals surface area contributed by atoms with Crippen molar-refractivity contribution in [3.63, 3.8) is 0 Å². The molecule has 40 heavy (non-hydrogen) atoms. The zero-order valence-electron chi connectivity index (χ0n) is 23.6. The third-order valence-electron chi connectivity index (χ3n) is 7.12. The predicted molar refractivity (Wildman–Crippen MR) is 161 cm³/mol. The first kappa shape index (κ1) is 30.4. The highest BCUT2D eigenvalue weighted by Crippen LogP contribution is 2.31. The van der Waals surface area contributed by atoms with E-state index in [4.69, 9.17) is 9.47 Å². The Labute approximate surface area is 237 Å². The maximum atomic E-state index is 13.1. The zero-order valence-corrected chi connectivity index (χ0v) is 23.6. The third-order valence-corrected chi connectivity index (χ3v) is 7.12. The molecule has 0 radical (unpaired) electrons. The number of anilines is 1. The molecule has 210 valence electrons. The SMILES string of the molecule is C=CC(=O)OCCC(CC)c1ccc(C=C2CCC(=Cc3ccc(N(CC)CCOC(=O)C=C)cc3)C2=O)cc1. The van der Waals surface area contributed by atoms with Gasteiger partial charge in [-0.2, -0.15) is 0 Å². The van der Waals surface area contributed by atoms with Crippen LogP contribution in [0.25, 0.3) is 12.2 Å². The van der Waals surface area contributed by atoms with Gasteiger partial charge in [-0.15, -0.1) is 0 Å². The summed E-state index contributed by atoms with van der Waals surface area (Å²) in [5.41, 5.74) is 5.86. The van der Waals surface area contributed by atoms with Crippen LogP contribution < -0.4 is 4.90 Å². The van der Waals surface area contributed by atoms with Crippen LogP contribution in [0.3, 0.4) is 0 Å². The Balaban J connectivity index is 1.61. The number of likely N-dealkylation sites (N-methyl/N-ethyl adjacent to an activating group) is 1. The van der Waals surface area contributed by atoms with Gasteiger partial charge < -0.3 is 14.4 Å². The number of esters is 2. The lowest BCUT2D eigenvalue weighted by Crippen LogP contribution is -2.27. The Bertz CT molecular complexity index is 1160. The molecule has 1 saturated carbocycles. The molecule has 1 aliphatic carbocycles. The highest BCUT2D eigenvalue weighted by Gasteiger charge is 2.23. The van der Waals surface area contributed by atoms with Gasteiger partial charge in [0.05, 0.1) is 13.2 Å². The number of hydrogen-bond donors (Lipinski definition) is 0. The summed E-state index contributed by atoms with van der Waals surface area (Å²) in [7, 11) is 0. The zero-order chi connectivity index (χ0) is 28.9. The fraction of sp³-hybridized carbons (Fsp3) is 0.324. The second-order valence-electron chi connectivity index (χ2n) is 9.64. The lowest BCUT2D eigenvalue weighted by Gasteiger charge is -2.22. The van der Waals surface area contributed by atoms with Crippen molar-refractivity contribution in [2.45, 2.75) is 45.4 Å². The van der Waals surface area contributed by atoms with Crippen molar-refractivity contribution in [2.75, 3.05) is 31.2 Å². The van der Waals surface area contributed by atoms with E-state index in [0.717, 1.165) is 66.3 Å². The fourth-order valence-corrected chi connectivity index (χ4v) is 4.78. The molecular formula is C34H39NO5. The maximum Gasteiger partial charge on any atom is 0.330 e. The summed E-state index contributed by atoms with van der Waals surface area (Å²) in [5.74, 6) is -0.418. The Hall–Kier alpha value is -4.19. The van der Waals surface area contributed by atoms with Crippen LogP contribution in [0.2, 0.25) is 0 Å². The minimum absolute atomic E-state index is 0.0999. The first-order chi connectivity index (χ1) is 19.4. The number of benzene rings is 2. The average Bonchev–Trinajstić information content (AvgIpc) is 3.32. The number of ether oxygens (including phenoxy) is 2. The van der Waals surface area contributed by atoms with Crippen LogP contribution in [0.15, 0.2) is 85.0 Å². The molecule has 0 bridgehead atoms. The molecule has 0 amide bonds. The summed E-state index contributed by atoms with van der Waals surface area (Å²) in [4.78, 5) is 37.8. The van der Waals surface area contributed by atoms with Gasteiger partial charge in [-0.3, -0.25) is 4.79 Å². The van der Waals surface area contributed by atoms with Crippen LogP contribution in [0.1, 0.15) is 62.1 Å². The first-order valence-corrected chi connectivity index (χ1v) is 13.9. The van der Waals surface area contributed by atoms with Crippen LogP contribution in [0, 0.1) is 0 Å². The Kier molecular flexibility index (Phi) is 11.7. The number of rotatable bonds is 14. The van der Waals surface area contributed by atoms with Gasteiger partial charge in [0, 0.05) is 35.5 Å². The van der Waals surface area contributed by atoms with E-state index in [2.05, 4.69) is 44.0 Å². The van der Waals surface area contributed by atoms with Crippen molar-refractivity contribution in [3.8, 4) is 0 Å². The molecule has 1 fully saturated rings. The minimum Gasteiger partial charge on any atom is -0.463 e. The van der Waals surface area contributed by atoms with Gasteiger partial charge in [-0.05, 0) is 79.5 Å². The van der Waals surface area contributed by atoms with Crippen LogP contribution in [-0.4, -0.2) is 44.0 Å². The second-order valence-corrected chi connectivity index (χ2v) is 9.64. The molecule has 2 aromatic rings. The van der Waals surface area contributed by atoms with E-state index in [1.54, 1.807) is 0 Å². The number of allylic oxidation sites excluding steroid dienone is 2. The Morgan fingerprint density at radius 3 is 1.88 bits per heavy atom. The third kappa shape index (κ3) is 8.67. The molecule has 1 unspecified atom stereocenters. The van der Waals surface area contributed by atoms with Gasteiger partial charge in [0.2, 0.25) is 0 Å². The van der Waals surface area contributed by atoms with E-state index in [-0.39, 0.29) is 5.78 Å². The van der Waals surface area contributed by atoms with Crippen LogP contribution >= 0.6 is 0 Å². The highest BCUT2D eigenvalue weighted by molar-refractivity contribution is 6.15. The summed E-state index contributed by atoms with van der Waals surface area (Å²) in [6.45, 7) is 13.0. The van der Waals surface area contributed by atoms with Crippen molar-refractivity contribution in [2.24, 2.45) is 0 Å². The van der Waals surface area contributed by atoms with Gasteiger partial charge in [0.15, 0.2) is 5.78 Å². The van der Waals surface area contributed by atoms with Crippen LogP contribution in [0.4, 0.5) is 5.69 Å². The van der Waals surface area contributed by atoms with E-state index in [1.165, 1.54) is 11.6 Å². The number of carbonyl (C=O) groups excluding carboxylic acids is 3. The molecule has 0 spiro atoms. The molecule has 6 heteroatoms. The summed E-state index contributed by atoms with van der Waals surface area (Å²) in [6.07, 6.45) is 9.46. The number of carbonyl (C=O) groups is 3. The smallest absolute Gasteiger partial charge is 0.330 e. The molecule has 0 aromatic heterocycles. The summed E-state index contributed by atoms with van der Waals surface area (Å²) in [5, 5.41) is 0. The standard InChI is InChI=1S/C34H39NO5/c1-5-27(19-21-39-32(36)6-2)28-13-9-25(10-14-28)23-29-15-16-30(34(29)38)24-26-11-17-31(18-12-26)35(8-4)20-22-40-33(37)7-3/h6-7,9-14,17-18,23-24,27H,2-3,5,8,15-16,19-22H2,1,4H3. The van der Waals surface area contributed by atoms with E-state index in [1.807, 2.05) is 48.6 Å². The Morgan fingerprint density at radius 2 is 1.38 bits per heavy atom. The van der Waals surface area contributed by atoms with Gasteiger partial charge in [-0.25, -0.2) is 9.59 Å². The molecule has 2 aromatic carbocycles. The number of Topliss-reactive ketones (excluding diaryl/α,β-unsaturated/α-hetero) is 1. The quantitative estimate of drug-likeness (QED) is 0.196. The topological polar surface area (TPSA) is 72.9 Å². The van der Waals surface area contributed by atoms with Gasteiger partial charge in [0.1, 0.15) is 6.61 Å². The lowest BCUT2D eigenvalue weighted by molar-refractivity contribution is -0.138. The summed E-state index contributed by atoms with van der Waals surface area (Å²) < 4.78 is 10.2. The molecule has 0 aliphatic heterocycles. The Morgan fingerprint density at radius 1 is 0.850 bits per heavy atom. The average molecular weight is 542 g/mol. The van der Waals surface area contributed by atoms with Gasteiger partial charge in [0.25, 0.3) is 0 Å². The molecule has 3 rings (SSSR count). The summed E-state index contributed by atoms with van der Waals surface area (Å²) in [6, 6.07) is 16.4.